The number of rotatable bonds is 6. The number of benzene rings is 9. The molecule has 0 saturated carbocycles. The first-order chi connectivity index (χ1) is 27.5. The lowest BCUT2D eigenvalue weighted by molar-refractivity contribution is 0.645. The molecular formula is C53H38N2O. The second-order valence-corrected chi connectivity index (χ2v) is 15.3. The number of furan rings is 1. The van der Waals surface area contributed by atoms with Crippen LogP contribution in [-0.4, -0.2) is 0 Å². The highest BCUT2D eigenvalue weighted by atomic mass is 16.3. The first kappa shape index (κ1) is 32.3. The van der Waals surface area contributed by atoms with E-state index in [1.54, 1.807) is 0 Å². The number of nitrogens with zero attached hydrogens (tertiary/aromatic N) is 2. The van der Waals surface area contributed by atoms with Crippen molar-refractivity contribution in [3.63, 3.8) is 0 Å². The van der Waals surface area contributed by atoms with Crippen LogP contribution in [-0.2, 0) is 5.41 Å². The molecule has 10 aromatic rings. The Kier molecular flexibility index (Phi) is 7.20. The number of hydrogen-bond donors (Lipinski definition) is 0. The minimum Gasteiger partial charge on any atom is -0.454 e. The van der Waals surface area contributed by atoms with E-state index in [2.05, 4.69) is 212 Å². The third kappa shape index (κ3) is 4.91. The summed E-state index contributed by atoms with van der Waals surface area (Å²) in [6.45, 7) is 4.76. The van der Waals surface area contributed by atoms with E-state index in [1.807, 2.05) is 6.07 Å². The molecule has 0 amide bonds. The molecule has 1 aromatic heterocycles. The van der Waals surface area contributed by atoms with Gasteiger partial charge in [0.05, 0.1) is 5.69 Å². The summed E-state index contributed by atoms with van der Waals surface area (Å²) in [5, 5.41) is 7.34. The van der Waals surface area contributed by atoms with Gasteiger partial charge in [0.2, 0.25) is 0 Å². The Bertz CT molecular complexity index is 3070. The SMILES string of the molecule is CC1(C)c2cc(N(c3ccccc3)c3cccc4c3oc3ccccc34)ccc2-c2cc3ccc(N(c4ccccc4)c4ccccc4)cc3c3cccc1c23. The highest BCUT2D eigenvalue weighted by Gasteiger charge is 2.35. The fourth-order valence-corrected chi connectivity index (χ4v) is 9.15. The summed E-state index contributed by atoms with van der Waals surface area (Å²) < 4.78 is 6.62. The van der Waals surface area contributed by atoms with E-state index in [9.17, 15) is 0 Å². The zero-order valence-corrected chi connectivity index (χ0v) is 31.3. The summed E-state index contributed by atoms with van der Waals surface area (Å²) in [7, 11) is 0. The fraction of sp³-hybridized carbons (Fsp3) is 0.0566. The minimum absolute atomic E-state index is 0.267. The molecule has 0 N–H and O–H groups in total. The van der Waals surface area contributed by atoms with Crippen molar-refractivity contribution in [3.05, 3.63) is 205 Å². The second kappa shape index (κ2) is 12.5. The van der Waals surface area contributed by atoms with Gasteiger partial charge in [-0.2, -0.15) is 0 Å². The Morgan fingerprint density at radius 3 is 1.71 bits per heavy atom. The highest BCUT2D eigenvalue weighted by molar-refractivity contribution is 6.18. The van der Waals surface area contributed by atoms with Crippen LogP contribution in [0.3, 0.4) is 0 Å². The molecule has 56 heavy (non-hydrogen) atoms. The maximum atomic E-state index is 6.62. The Labute approximate surface area is 326 Å². The van der Waals surface area contributed by atoms with Crippen LogP contribution in [0.5, 0.6) is 0 Å². The van der Waals surface area contributed by atoms with Gasteiger partial charge < -0.3 is 14.2 Å². The Morgan fingerprint density at radius 2 is 0.982 bits per heavy atom. The van der Waals surface area contributed by atoms with Gasteiger partial charge in [-0.1, -0.05) is 129 Å². The Hall–Kier alpha value is -7.10. The molecule has 0 bridgehead atoms. The lowest BCUT2D eigenvalue weighted by Crippen LogP contribution is -2.24. The van der Waals surface area contributed by atoms with E-state index >= 15 is 0 Å². The largest absolute Gasteiger partial charge is 0.454 e. The van der Waals surface area contributed by atoms with Crippen LogP contribution in [0.1, 0.15) is 25.0 Å². The lowest BCUT2D eigenvalue weighted by atomic mass is 9.68. The van der Waals surface area contributed by atoms with Crippen molar-refractivity contribution in [1.29, 1.82) is 0 Å². The zero-order chi connectivity index (χ0) is 37.4. The van der Waals surface area contributed by atoms with Crippen molar-refractivity contribution in [1.82, 2.24) is 0 Å². The monoisotopic (exact) mass is 718 g/mol. The van der Waals surface area contributed by atoms with Crippen molar-refractivity contribution < 1.29 is 4.42 Å². The van der Waals surface area contributed by atoms with E-state index < -0.39 is 0 Å². The van der Waals surface area contributed by atoms with Crippen molar-refractivity contribution in [2.45, 2.75) is 19.3 Å². The molecule has 0 spiro atoms. The molecular weight excluding hydrogens is 681 g/mol. The number of para-hydroxylation sites is 5. The maximum absolute atomic E-state index is 6.62. The quantitative estimate of drug-likeness (QED) is 0.160. The van der Waals surface area contributed by atoms with Crippen LogP contribution in [0.2, 0.25) is 0 Å². The molecule has 3 heteroatoms. The molecule has 0 unspecified atom stereocenters. The predicted octanol–water partition coefficient (Wildman–Crippen LogP) is 15.1. The summed E-state index contributed by atoms with van der Waals surface area (Å²) in [6.07, 6.45) is 0. The van der Waals surface area contributed by atoms with Crippen LogP contribution >= 0.6 is 0 Å². The van der Waals surface area contributed by atoms with Gasteiger partial charge in [-0.05, 0) is 123 Å². The summed E-state index contributed by atoms with van der Waals surface area (Å²) in [5.41, 5.74) is 13.3. The molecule has 1 aliphatic rings. The average Bonchev–Trinajstić information content (AvgIpc) is 3.64. The molecule has 0 atom stereocenters. The zero-order valence-electron chi connectivity index (χ0n) is 31.3. The van der Waals surface area contributed by atoms with Crippen LogP contribution in [0.25, 0.3) is 54.6 Å². The summed E-state index contributed by atoms with van der Waals surface area (Å²) in [4.78, 5) is 4.70. The molecule has 266 valence electrons. The normalized spacial score (nSPS) is 13.0. The first-order valence-corrected chi connectivity index (χ1v) is 19.4. The van der Waals surface area contributed by atoms with Crippen LogP contribution in [0, 0.1) is 0 Å². The van der Waals surface area contributed by atoms with Crippen molar-refractivity contribution in [2.24, 2.45) is 0 Å². The van der Waals surface area contributed by atoms with E-state index in [1.165, 1.54) is 43.8 Å². The Balaban J connectivity index is 1.10. The molecule has 11 rings (SSSR count). The van der Waals surface area contributed by atoms with Gasteiger partial charge in [-0.3, -0.25) is 0 Å². The third-order valence-corrected chi connectivity index (χ3v) is 11.8. The van der Waals surface area contributed by atoms with Gasteiger partial charge >= 0.3 is 0 Å². The smallest absolute Gasteiger partial charge is 0.159 e. The van der Waals surface area contributed by atoms with E-state index in [0.717, 1.165) is 56.1 Å². The maximum Gasteiger partial charge on any atom is 0.159 e. The standard InChI is InChI=1S/C53H38N2O/c1-53(2)47-25-14-23-43-45-33-39(54(36-16-6-3-7-17-36)37-18-8-4-9-19-37)29-28-35(45)32-46(51(43)47)41-31-30-40(34-48(41)53)55(38-20-10-5-11-21-38)49-26-15-24-44-42-22-12-13-27-50(42)56-52(44)49/h3-34H,1-2H3. The van der Waals surface area contributed by atoms with Crippen LogP contribution in [0.15, 0.2) is 199 Å². The summed E-state index contributed by atoms with van der Waals surface area (Å²) in [5.74, 6) is 0. The molecule has 1 aliphatic carbocycles. The van der Waals surface area contributed by atoms with Gasteiger partial charge in [0.15, 0.2) is 5.58 Å². The topological polar surface area (TPSA) is 19.6 Å². The van der Waals surface area contributed by atoms with Gasteiger partial charge in [-0.25, -0.2) is 0 Å². The van der Waals surface area contributed by atoms with Crippen LogP contribution in [0.4, 0.5) is 34.1 Å². The predicted molar refractivity (Wildman–Crippen MR) is 236 cm³/mol. The highest BCUT2D eigenvalue weighted by Crippen LogP contribution is 2.53. The molecule has 0 fully saturated rings. The first-order valence-electron chi connectivity index (χ1n) is 19.4. The number of hydrogen-bond acceptors (Lipinski definition) is 3. The van der Waals surface area contributed by atoms with E-state index in [0.29, 0.717) is 0 Å². The van der Waals surface area contributed by atoms with E-state index in [-0.39, 0.29) is 5.41 Å². The van der Waals surface area contributed by atoms with Crippen LogP contribution < -0.4 is 9.80 Å². The van der Waals surface area contributed by atoms with Gasteiger partial charge in [0, 0.05) is 44.6 Å². The van der Waals surface area contributed by atoms with Crippen molar-refractivity contribution in [3.8, 4) is 11.1 Å². The molecule has 0 radical (unpaired) electrons. The molecule has 0 saturated heterocycles. The summed E-state index contributed by atoms with van der Waals surface area (Å²) in [6, 6.07) is 70.0. The van der Waals surface area contributed by atoms with Gasteiger partial charge in [0.1, 0.15) is 5.58 Å². The van der Waals surface area contributed by atoms with Crippen molar-refractivity contribution in [2.75, 3.05) is 9.80 Å². The average molecular weight is 719 g/mol. The molecule has 3 nitrogen and oxygen atoms in total. The third-order valence-electron chi connectivity index (χ3n) is 11.8. The number of fused-ring (bicyclic) bond motifs is 7. The van der Waals surface area contributed by atoms with E-state index in [4.69, 9.17) is 4.42 Å². The molecule has 1 heterocycles. The fourth-order valence-electron chi connectivity index (χ4n) is 9.15. The lowest BCUT2D eigenvalue weighted by Gasteiger charge is -2.37. The Morgan fingerprint density at radius 1 is 0.393 bits per heavy atom. The minimum atomic E-state index is -0.267. The van der Waals surface area contributed by atoms with Crippen molar-refractivity contribution >= 4 is 77.6 Å². The summed E-state index contributed by atoms with van der Waals surface area (Å²) >= 11 is 0. The molecule has 0 aliphatic heterocycles. The number of anilines is 6. The second-order valence-electron chi connectivity index (χ2n) is 15.3. The van der Waals surface area contributed by atoms with Gasteiger partial charge in [0.25, 0.3) is 0 Å². The molecule has 9 aromatic carbocycles. The van der Waals surface area contributed by atoms with Gasteiger partial charge in [-0.15, -0.1) is 0 Å².